The summed E-state index contributed by atoms with van der Waals surface area (Å²) in [6, 6.07) is 21.2. The van der Waals surface area contributed by atoms with Gasteiger partial charge in [-0.2, -0.15) is 18.6 Å². The van der Waals surface area contributed by atoms with E-state index in [-0.39, 0.29) is 37.7 Å². The zero-order valence-corrected chi connectivity index (χ0v) is 27.7. The third-order valence-corrected chi connectivity index (χ3v) is 9.83. The number of carbonyl (C=O) groups is 1. The minimum atomic E-state index is -4.87. The first kappa shape index (κ1) is 33.8. The van der Waals surface area contributed by atoms with Gasteiger partial charge in [0, 0.05) is 18.4 Å². The van der Waals surface area contributed by atoms with E-state index in [1.165, 1.54) is 56.5 Å². The van der Waals surface area contributed by atoms with Gasteiger partial charge in [-0.3, -0.25) is 9.35 Å². The van der Waals surface area contributed by atoms with Crippen LogP contribution >= 0.6 is 0 Å². The predicted molar refractivity (Wildman–Crippen MR) is 179 cm³/mol. The maximum atomic E-state index is 13.0. The first-order chi connectivity index (χ1) is 22.7. The average Bonchev–Trinajstić information content (AvgIpc) is 3.03. The van der Waals surface area contributed by atoms with Gasteiger partial charge >= 0.3 is 0 Å². The highest BCUT2D eigenvalue weighted by Gasteiger charge is 2.24. The summed E-state index contributed by atoms with van der Waals surface area (Å²) in [5, 5.41) is 30.6. The lowest BCUT2D eigenvalue weighted by molar-refractivity contribution is -0.114. The molecule has 15 heteroatoms. The van der Waals surface area contributed by atoms with Crippen LogP contribution in [0.2, 0.25) is 0 Å². The number of anilines is 1. The summed E-state index contributed by atoms with van der Waals surface area (Å²) in [7, 11) is -7.21. The van der Waals surface area contributed by atoms with Gasteiger partial charge in [-0.05, 0) is 79.4 Å². The molecule has 246 valence electrons. The average molecular weight is 688 g/mol. The summed E-state index contributed by atoms with van der Waals surface area (Å²) in [5.74, 6) is -0.887. The number of amides is 1. The molecule has 0 aliphatic carbocycles. The van der Waals surface area contributed by atoms with Crippen molar-refractivity contribution in [3.8, 4) is 11.5 Å². The Bertz CT molecular complexity index is 2340. The molecule has 0 bridgehead atoms. The highest BCUT2D eigenvalue weighted by atomic mass is 32.2. The van der Waals surface area contributed by atoms with E-state index in [1.807, 2.05) is 6.92 Å². The van der Waals surface area contributed by atoms with Crippen LogP contribution in [0, 0.1) is 13.8 Å². The van der Waals surface area contributed by atoms with Crippen LogP contribution in [0.1, 0.15) is 18.1 Å². The quantitative estimate of drug-likeness (QED) is 0.102. The third-order valence-electron chi connectivity index (χ3n) is 7.17. The summed E-state index contributed by atoms with van der Waals surface area (Å²) in [6.07, 6.45) is 0. The zero-order valence-electron chi connectivity index (χ0n) is 26.0. The van der Waals surface area contributed by atoms with E-state index in [9.17, 15) is 31.3 Å². The number of hydrogen-bond acceptors (Lipinski definition) is 11. The SMILES string of the molecule is COc1cc(/N=N/c2ccc(S(=O)(=O)c3ccc(C)cc3)cc2)c(C)cc1/N=N/c1c(S(=O)(=O)O)cc2cccc(NC(C)=O)c2c1O. The Labute approximate surface area is 276 Å². The number of methoxy groups -OCH3 is 1. The Balaban J connectivity index is 1.47. The molecule has 0 aliphatic heterocycles. The van der Waals surface area contributed by atoms with Gasteiger partial charge in [-0.25, -0.2) is 8.42 Å². The Kier molecular flexibility index (Phi) is 9.38. The van der Waals surface area contributed by atoms with Crippen LogP contribution in [-0.2, 0) is 24.7 Å². The lowest BCUT2D eigenvalue weighted by atomic mass is 10.1. The maximum Gasteiger partial charge on any atom is 0.296 e. The lowest BCUT2D eigenvalue weighted by Gasteiger charge is -2.13. The van der Waals surface area contributed by atoms with Gasteiger partial charge in [0.15, 0.2) is 5.75 Å². The molecule has 48 heavy (non-hydrogen) atoms. The lowest BCUT2D eigenvalue weighted by Crippen LogP contribution is -2.06. The molecule has 0 spiro atoms. The Morgan fingerprint density at radius 2 is 1.42 bits per heavy atom. The Hall–Kier alpha value is -5.51. The molecular weight excluding hydrogens is 659 g/mol. The first-order valence-corrected chi connectivity index (χ1v) is 17.1. The second-order valence-electron chi connectivity index (χ2n) is 10.7. The highest BCUT2D eigenvalue weighted by molar-refractivity contribution is 7.91. The van der Waals surface area contributed by atoms with Gasteiger partial charge in [0.2, 0.25) is 15.7 Å². The number of sulfone groups is 1. The molecule has 0 unspecified atom stereocenters. The van der Waals surface area contributed by atoms with E-state index >= 15 is 0 Å². The Morgan fingerprint density at radius 3 is 2.02 bits per heavy atom. The number of nitrogens with one attached hydrogen (secondary N) is 1. The van der Waals surface area contributed by atoms with Crippen molar-refractivity contribution in [3.63, 3.8) is 0 Å². The molecule has 0 radical (unpaired) electrons. The number of azo groups is 2. The van der Waals surface area contributed by atoms with Gasteiger partial charge in [0.1, 0.15) is 22.0 Å². The summed E-state index contributed by atoms with van der Waals surface area (Å²) in [4.78, 5) is 11.3. The molecule has 5 rings (SSSR count). The molecule has 5 aromatic carbocycles. The van der Waals surface area contributed by atoms with Gasteiger partial charge in [-0.1, -0.05) is 29.8 Å². The van der Waals surface area contributed by atoms with Crippen molar-refractivity contribution in [1.29, 1.82) is 0 Å². The fraction of sp³-hybridized carbons (Fsp3) is 0.121. The highest BCUT2D eigenvalue weighted by Crippen LogP contribution is 2.45. The second kappa shape index (κ2) is 13.3. The molecule has 0 atom stereocenters. The van der Waals surface area contributed by atoms with Crippen LogP contribution in [0.4, 0.5) is 28.4 Å². The summed E-state index contributed by atoms with van der Waals surface area (Å²) < 4.78 is 65.9. The molecule has 0 saturated heterocycles. The van der Waals surface area contributed by atoms with E-state index < -0.39 is 42.2 Å². The van der Waals surface area contributed by atoms with Gasteiger partial charge in [0.05, 0.1) is 34.0 Å². The monoisotopic (exact) mass is 687 g/mol. The number of ether oxygens (including phenoxy) is 1. The molecule has 13 nitrogen and oxygen atoms in total. The van der Waals surface area contributed by atoms with Crippen LogP contribution in [-0.4, -0.2) is 39.5 Å². The van der Waals surface area contributed by atoms with Crippen molar-refractivity contribution >= 4 is 65.1 Å². The van der Waals surface area contributed by atoms with Crippen LogP contribution in [0.25, 0.3) is 10.8 Å². The molecule has 3 N–H and O–H groups in total. The Morgan fingerprint density at radius 1 is 0.792 bits per heavy atom. The predicted octanol–water partition coefficient (Wildman–Crippen LogP) is 8.04. The number of aromatic hydroxyl groups is 1. The van der Waals surface area contributed by atoms with Crippen molar-refractivity contribution in [2.75, 3.05) is 12.4 Å². The van der Waals surface area contributed by atoms with Crippen LogP contribution in [0.3, 0.4) is 0 Å². The largest absolute Gasteiger partial charge is 0.505 e. The summed E-state index contributed by atoms with van der Waals surface area (Å²) in [5.41, 5.74) is 2.06. The minimum Gasteiger partial charge on any atom is -0.505 e. The van der Waals surface area contributed by atoms with E-state index in [2.05, 4.69) is 25.8 Å². The fourth-order valence-corrected chi connectivity index (χ4v) is 6.68. The normalized spacial score (nSPS) is 12.2. The molecule has 0 saturated carbocycles. The topological polar surface area (TPSA) is 197 Å². The number of phenols is 1. The molecule has 0 aliphatic rings. The number of phenolic OH excluding ortho intramolecular Hbond substituents is 1. The van der Waals surface area contributed by atoms with E-state index in [1.54, 1.807) is 43.3 Å². The molecule has 5 aromatic rings. The van der Waals surface area contributed by atoms with Crippen molar-refractivity contribution < 1.29 is 36.0 Å². The van der Waals surface area contributed by atoms with Crippen LogP contribution in [0.15, 0.2) is 120 Å². The van der Waals surface area contributed by atoms with E-state index in [0.29, 0.717) is 16.9 Å². The number of hydrogen-bond donors (Lipinski definition) is 3. The zero-order chi connectivity index (χ0) is 34.8. The number of fused-ring (bicyclic) bond motifs is 1. The molecular formula is C33H29N5O8S2. The van der Waals surface area contributed by atoms with Crippen LogP contribution < -0.4 is 10.1 Å². The van der Waals surface area contributed by atoms with E-state index in [4.69, 9.17) is 4.74 Å². The number of rotatable bonds is 9. The van der Waals surface area contributed by atoms with Gasteiger partial charge < -0.3 is 15.2 Å². The minimum absolute atomic E-state index is 0.0914. The van der Waals surface area contributed by atoms with Gasteiger partial charge in [-0.15, -0.1) is 10.2 Å². The van der Waals surface area contributed by atoms with Crippen molar-refractivity contribution in [3.05, 3.63) is 96.1 Å². The summed E-state index contributed by atoms with van der Waals surface area (Å²) >= 11 is 0. The van der Waals surface area contributed by atoms with Gasteiger partial charge in [0.25, 0.3) is 10.1 Å². The first-order valence-electron chi connectivity index (χ1n) is 14.2. The second-order valence-corrected chi connectivity index (χ2v) is 14.0. The number of benzene rings is 5. The molecule has 0 fully saturated rings. The fourth-order valence-electron chi connectivity index (χ4n) is 4.76. The molecule has 1 amide bonds. The smallest absolute Gasteiger partial charge is 0.296 e. The number of nitrogens with zero attached hydrogens (tertiary/aromatic N) is 4. The molecule has 0 aromatic heterocycles. The number of aryl methyl sites for hydroxylation is 2. The van der Waals surface area contributed by atoms with Crippen molar-refractivity contribution in [2.45, 2.75) is 35.5 Å². The van der Waals surface area contributed by atoms with Crippen molar-refractivity contribution in [1.82, 2.24) is 0 Å². The number of carbonyl (C=O) groups excluding carboxylic acids is 1. The maximum absolute atomic E-state index is 13.0. The van der Waals surface area contributed by atoms with Crippen molar-refractivity contribution in [2.24, 2.45) is 20.5 Å². The summed E-state index contributed by atoms with van der Waals surface area (Å²) in [6.45, 7) is 4.86. The standard InChI is InChI=1S/C33H29N5O8S2/c1-19-8-12-24(13-9-19)47(41,42)25-14-10-23(11-15-25)35-36-27-18-29(46-4)28(16-20(27)2)37-38-32-30(48(43,44)45)17-22-6-5-7-26(34-21(3)39)31(22)33(32)40/h5-18,40H,1-4H3,(H,34,39)(H,43,44,45)/b36-35+,38-37+. The third kappa shape index (κ3) is 7.07. The molecule has 0 heterocycles. The van der Waals surface area contributed by atoms with Crippen LogP contribution in [0.5, 0.6) is 11.5 Å². The van der Waals surface area contributed by atoms with E-state index in [0.717, 1.165) is 11.6 Å².